The van der Waals surface area contributed by atoms with Gasteiger partial charge in [0.15, 0.2) is 0 Å². The summed E-state index contributed by atoms with van der Waals surface area (Å²) in [4.78, 5) is 14.1. The average molecular weight is 335 g/mol. The molecule has 5 heteroatoms. The van der Waals surface area contributed by atoms with E-state index in [4.69, 9.17) is 0 Å². The smallest absolute Gasteiger partial charge is 0.136 e. The first-order chi connectivity index (χ1) is 12.2. The van der Waals surface area contributed by atoms with Crippen molar-refractivity contribution in [2.24, 2.45) is 0 Å². The molecule has 0 N–H and O–H groups in total. The van der Waals surface area contributed by atoms with Gasteiger partial charge in [0.25, 0.3) is 0 Å². The fourth-order valence-electron chi connectivity index (χ4n) is 3.60. The maximum Gasteiger partial charge on any atom is 0.136 e. The van der Waals surface area contributed by atoms with E-state index >= 15 is 0 Å². The molecule has 3 aromatic heterocycles. The van der Waals surface area contributed by atoms with Gasteiger partial charge in [0.2, 0.25) is 0 Å². The molecule has 4 heterocycles. The first-order valence-electron chi connectivity index (χ1n) is 9.00. The fraction of sp³-hybridized carbons (Fsp3) is 0.400. The van der Waals surface area contributed by atoms with Crippen LogP contribution in [0.5, 0.6) is 0 Å². The summed E-state index contributed by atoms with van der Waals surface area (Å²) in [6, 6.07) is 10.8. The number of fused-ring (bicyclic) bond motifs is 1. The molecule has 0 amide bonds. The van der Waals surface area contributed by atoms with E-state index in [-0.39, 0.29) is 0 Å². The lowest BCUT2D eigenvalue weighted by atomic mass is 10.1. The number of pyridine rings is 2. The van der Waals surface area contributed by atoms with Crippen molar-refractivity contribution < 1.29 is 0 Å². The van der Waals surface area contributed by atoms with Crippen LogP contribution in [0.2, 0.25) is 0 Å². The predicted octanol–water partition coefficient (Wildman–Crippen LogP) is 2.92. The molecule has 25 heavy (non-hydrogen) atoms. The van der Waals surface area contributed by atoms with Gasteiger partial charge in [0.1, 0.15) is 5.65 Å². The molecule has 0 bridgehead atoms. The van der Waals surface area contributed by atoms with Crippen LogP contribution in [0.25, 0.3) is 5.65 Å². The van der Waals surface area contributed by atoms with E-state index in [1.165, 1.54) is 11.3 Å². The average Bonchev–Trinajstić information content (AvgIpc) is 3.04. The van der Waals surface area contributed by atoms with Gasteiger partial charge < -0.3 is 4.40 Å². The first kappa shape index (κ1) is 16.2. The van der Waals surface area contributed by atoms with E-state index in [1.54, 1.807) is 0 Å². The molecule has 1 fully saturated rings. The highest BCUT2D eigenvalue weighted by molar-refractivity contribution is 5.41. The second kappa shape index (κ2) is 6.94. The summed E-state index contributed by atoms with van der Waals surface area (Å²) < 4.78 is 2.22. The topological polar surface area (TPSA) is 36.7 Å². The highest BCUT2D eigenvalue weighted by atomic mass is 15.3. The number of nitrogens with zero attached hydrogens (tertiary/aromatic N) is 5. The summed E-state index contributed by atoms with van der Waals surface area (Å²) >= 11 is 0. The molecule has 0 radical (unpaired) electrons. The van der Waals surface area contributed by atoms with Crippen molar-refractivity contribution in [2.45, 2.75) is 26.4 Å². The van der Waals surface area contributed by atoms with E-state index in [0.29, 0.717) is 6.04 Å². The second-order valence-electron chi connectivity index (χ2n) is 6.93. The van der Waals surface area contributed by atoms with Gasteiger partial charge >= 0.3 is 0 Å². The van der Waals surface area contributed by atoms with Gasteiger partial charge in [-0.3, -0.25) is 14.8 Å². The molecule has 1 aliphatic heterocycles. The zero-order chi connectivity index (χ0) is 17.2. The van der Waals surface area contributed by atoms with Crippen molar-refractivity contribution in [2.75, 3.05) is 26.2 Å². The quantitative estimate of drug-likeness (QED) is 0.735. The summed E-state index contributed by atoms with van der Waals surface area (Å²) in [6.07, 6.45) is 6.07. The minimum Gasteiger partial charge on any atom is -0.303 e. The molecular formula is C20H25N5. The number of aromatic nitrogens is 3. The van der Waals surface area contributed by atoms with Crippen LogP contribution in [0.1, 0.15) is 29.9 Å². The Labute approximate surface area is 148 Å². The summed E-state index contributed by atoms with van der Waals surface area (Å²) in [5.74, 6) is 0. The Morgan fingerprint density at radius 2 is 1.88 bits per heavy atom. The SMILES string of the molecule is Cc1ccc2ncc(CN3CCN(C(C)c4ccccn4)CC3)n2c1. The lowest BCUT2D eigenvalue weighted by Gasteiger charge is -2.37. The summed E-state index contributed by atoms with van der Waals surface area (Å²) in [6.45, 7) is 9.65. The van der Waals surface area contributed by atoms with Crippen molar-refractivity contribution in [3.05, 3.63) is 65.9 Å². The van der Waals surface area contributed by atoms with E-state index in [0.717, 1.165) is 44.1 Å². The van der Waals surface area contributed by atoms with Crippen molar-refractivity contribution >= 4 is 5.65 Å². The van der Waals surface area contributed by atoms with Gasteiger partial charge in [0, 0.05) is 51.2 Å². The molecular weight excluding hydrogens is 310 g/mol. The fourth-order valence-corrected chi connectivity index (χ4v) is 3.60. The third-order valence-corrected chi connectivity index (χ3v) is 5.19. The van der Waals surface area contributed by atoms with E-state index in [1.807, 2.05) is 18.5 Å². The minimum absolute atomic E-state index is 0.377. The van der Waals surface area contributed by atoms with Gasteiger partial charge in [-0.1, -0.05) is 12.1 Å². The van der Waals surface area contributed by atoms with Crippen LogP contribution in [0.3, 0.4) is 0 Å². The summed E-state index contributed by atoms with van der Waals surface area (Å²) in [7, 11) is 0. The van der Waals surface area contributed by atoms with E-state index in [9.17, 15) is 0 Å². The second-order valence-corrected chi connectivity index (χ2v) is 6.93. The predicted molar refractivity (Wildman–Crippen MR) is 99.4 cm³/mol. The molecule has 0 saturated carbocycles. The first-order valence-corrected chi connectivity index (χ1v) is 9.00. The van der Waals surface area contributed by atoms with Crippen LogP contribution in [0.15, 0.2) is 48.9 Å². The Hall–Kier alpha value is -2.24. The Kier molecular flexibility index (Phi) is 4.51. The molecule has 4 rings (SSSR count). The van der Waals surface area contributed by atoms with Crippen molar-refractivity contribution in [3.8, 4) is 0 Å². The van der Waals surface area contributed by atoms with Gasteiger partial charge in [0.05, 0.1) is 17.6 Å². The highest BCUT2D eigenvalue weighted by Gasteiger charge is 2.23. The number of piperazine rings is 1. The molecule has 1 atom stereocenters. The number of hydrogen-bond donors (Lipinski definition) is 0. The van der Waals surface area contributed by atoms with Gasteiger partial charge in [-0.05, 0) is 37.6 Å². The minimum atomic E-state index is 0.377. The summed E-state index contributed by atoms with van der Waals surface area (Å²) in [5, 5.41) is 0. The van der Waals surface area contributed by atoms with Crippen LogP contribution in [-0.4, -0.2) is 50.3 Å². The van der Waals surface area contributed by atoms with Crippen LogP contribution in [-0.2, 0) is 6.54 Å². The van der Waals surface area contributed by atoms with Crippen LogP contribution in [0.4, 0.5) is 0 Å². The Balaban J connectivity index is 1.39. The maximum absolute atomic E-state index is 4.53. The summed E-state index contributed by atoms with van der Waals surface area (Å²) in [5.41, 5.74) is 4.72. The standard InChI is InChI=1S/C20H25N5/c1-16-6-7-20-22-13-18(25(20)14-16)15-23-9-11-24(12-10-23)17(2)19-5-3-4-8-21-19/h3-8,13-14,17H,9-12,15H2,1-2H3. The third kappa shape index (κ3) is 3.43. The highest BCUT2D eigenvalue weighted by Crippen LogP contribution is 2.20. The van der Waals surface area contributed by atoms with Crippen LogP contribution in [0, 0.1) is 6.92 Å². The number of rotatable bonds is 4. The molecule has 0 spiro atoms. The molecule has 5 nitrogen and oxygen atoms in total. The van der Waals surface area contributed by atoms with Crippen LogP contribution < -0.4 is 0 Å². The molecule has 1 saturated heterocycles. The largest absolute Gasteiger partial charge is 0.303 e. The number of aryl methyl sites for hydroxylation is 1. The molecule has 3 aromatic rings. The van der Waals surface area contributed by atoms with Gasteiger partial charge in [-0.25, -0.2) is 4.98 Å². The zero-order valence-corrected chi connectivity index (χ0v) is 15.0. The van der Waals surface area contributed by atoms with Gasteiger partial charge in [-0.2, -0.15) is 0 Å². The number of imidazole rings is 1. The van der Waals surface area contributed by atoms with E-state index < -0.39 is 0 Å². The van der Waals surface area contributed by atoms with Crippen molar-refractivity contribution in [1.82, 2.24) is 24.2 Å². The lowest BCUT2D eigenvalue weighted by Crippen LogP contribution is -2.46. The van der Waals surface area contributed by atoms with E-state index in [2.05, 4.69) is 68.5 Å². The molecule has 0 aromatic carbocycles. The molecule has 130 valence electrons. The van der Waals surface area contributed by atoms with Crippen molar-refractivity contribution in [1.29, 1.82) is 0 Å². The molecule has 1 unspecified atom stereocenters. The number of hydrogen-bond acceptors (Lipinski definition) is 4. The van der Waals surface area contributed by atoms with Gasteiger partial charge in [-0.15, -0.1) is 0 Å². The molecule has 1 aliphatic rings. The lowest BCUT2D eigenvalue weighted by molar-refractivity contribution is 0.0955. The Morgan fingerprint density at radius 1 is 1.04 bits per heavy atom. The monoisotopic (exact) mass is 335 g/mol. The molecule has 0 aliphatic carbocycles. The Bertz CT molecular complexity index is 834. The Morgan fingerprint density at radius 3 is 2.64 bits per heavy atom. The third-order valence-electron chi connectivity index (χ3n) is 5.19. The van der Waals surface area contributed by atoms with Crippen molar-refractivity contribution in [3.63, 3.8) is 0 Å². The van der Waals surface area contributed by atoms with Crippen LogP contribution >= 0.6 is 0 Å². The zero-order valence-electron chi connectivity index (χ0n) is 15.0. The maximum atomic E-state index is 4.53. The normalized spacial score (nSPS) is 17.8.